The number of nitrogens with zero attached hydrogens (tertiary/aromatic N) is 1. The lowest BCUT2D eigenvalue weighted by molar-refractivity contribution is -0.148. The summed E-state index contributed by atoms with van der Waals surface area (Å²) in [6, 6.07) is -2.39. The minimum atomic E-state index is -4.60. The molecule has 0 saturated carbocycles. The van der Waals surface area contributed by atoms with Crippen molar-refractivity contribution in [2.75, 3.05) is 6.54 Å². The smallest absolute Gasteiger partial charge is 0.406 e. The van der Waals surface area contributed by atoms with Gasteiger partial charge in [0.15, 0.2) is 0 Å². The molecule has 0 rings (SSSR count). The predicted octanol–water partition coefficient (Wildman–Crippen LogP) is 0.793. The molecule has 0 saturated heterocycles. The van der Waals surface area contributed by atoms with Gasteiger partial charge in [0.05, 0.1) is 6.42 Å². The number of carbonyl (C=O) groups is 2. The van der Waals surface area contributed by atoms with E-state index >= 15 is 0 Å². The number of halogens is 3. The molecule has 15 heavy (non-hydrogen) atoms. The summed E-state index contributed by atoms with van der Waals surface area (Å²) >= 11 is 0. The Hall–Kier alpha value is -1.47. The van der Waals surface area contributed by atoms with Gasteiger partial charge in [0.1, 0.15) is 6.54 Å². The maximum Gasteiger partial charge on any atom is 0.406 e. The number of hydrogen-bond acceptors (Lipinski definition) is 2. The van der Waals surface area contributed by atoms with E-state index in [9.17, 15) is 22.8 Å². The predicted molar refractivity (Wildman–Crippen MR) is 44.1 cm³/mol. The number of alkyl halides is 3. The van der Waals surface area contributed by atoms with Gasteiger partial charge < -0.3 is 15.7 Å². The van der Waals surface area contributed by atoms with Crippen LogP contribution in [0.15, 0.2) is 0 Å². The highest BCUT2D eigenvalue weighted by atomic mass is 19.4. The molecule has 8 heteroatoms. The van der Waals surface area contributed by atoms with Gasteiger partial charge in [0.25, 0.3) is 0 Å². The molecule has 1 unspecified atom stereocenters. The summed E-state index contributed by atoms with van der Waals surface area (Å²) in [5.74, 6) is -1.30. The van der Waals surface area contributed by atoms with E-state index in [2.05, 4.69) is 0 Å². The molecule has 0 aliphatic rings. The first-order chi connectivity index (χ1) is 6.63. The Labute approximate surface area is 83.6 Å². The van der Waals surface area contributed by atoms with E-state index in [-0.39, 0.29) is 4.90 Å². The third-order valence-corrected chi connectivity index (χ3v) is 1.63. The Morgan fingerprint density at radius 2 is 1.93 bits per heavy atom. The zero-order valence-corrected chi connectivity index (χ0v) is 7.91. The summed E-state index contributed by atoms with van der Waals surface area (Å²) in [4.78, 5) is 21.2. The highest BCUT2D eigenvalue weighted by Gasteiger charge is 2.34. The zero-order valence-electron chi connectivity index (χ0n) is 7.91. The fourth-order valence-electron chi connectivity index (χ4n) is 1.01. The van der Waals surface area contributed by atoms with Crippen LogP contribution in [0.4, 0.5) is 18.0 Å². The Kier molecular flexibility index (Phi) is 4.38. The highest BCUT2D eigenvalue weighted by Crippen LogP contribution is 2.18. The maximum atomic E-state index is 12.0. The number of carboxylic acid groups (broad SMARTS) is 1. The molecule has 0 aromatic rings. The Balaban J connectivity index is 4.52. The summed E-state index contributed by atoms with van der Waals surface area (Å²) < 4.78 is 35.9. The molecule has 0 radical (unpaired) electrons. The van der Waals surface area contributed by atoms with Crippen LogP contribution in [0.1, 0.15) is 13.3 Å². The molecule has 0 fully saturated rings. The average Bonchev–Trinajstić information content (AvgIpc) is 1.96. The second-order valence-corrected chi connectivity index (χ2v) is 3.03. The van der Waals surface area contributed by atoms with Crippen LogP contribution in [-0.4, -0.2) is 40.8 Å². The summed E-state index contributed by atoms with van der Waals surface area (Å²) in [6.45, 7) is -0.360. The Morgan fingerprint density at radius 1 is 1.47 bits per heavy atom. The lowest BCUT2D eigenvalue weighted by Gasteiger charge is -2.27. The van der Waals surface area contributed by atoms with E-state index in [4.69, 9.17) is 10.8 Å². The molecule has 1 atom stereocenters. The average molecular weight is 228 g/mol. The second kappa shape index (κ2) is 4.85. The van der Waals surface area contributed by atoms with E-state index in [1.165, 1.54) is 6.92 Å². The Morgan fingerprint density at radius 3 is 2.20 bits per heavy atom. The van der Waals surface area contributed by atoms with Crippen molar-refractivity contribution in [3.63, 3.8) is 0 Å². The standard InChI is InChI=1S/C7H11F3N2O3/c1-4(2-5(13)14)12(6(11)15)3-7(8,9)10/h4H,2-3H2,1H3,(H2,11,15)(H,13,14). The van der Waals surface area contributed by atoms with E-state index < -0.39 is 37.2 Å². The van der Waals surface area contributed by atoms with Crippen molar-refractivity contribution >= 4 is 12.0 Å². The van der Waals surface area contributed by atoms with Gasteiger partial charge in [-0.05, 0) is 6.92 Å². The molecule has 88 valence electrons. The molecule has 0 spiro atoms. The largest absolute Gasteiger partial charge is 0.481 e. The number of carbonyl (C=O) groups excluding carboxylic acids is 1. The van der Waals surface area contributed by atoms with E-state index in [1.807, 2.05) is 0 Å². The summed E-state index contributed by atoms with van der Waals surface area (Å²) in [5, 5.41) is 8.35. The molecule has 2 amide bonds. The van der Waals surface area contributed by atoms with Gasteiger partial charge in [-0.2, -0.15) is 13.2 Å². The molecule has 0 bridgehead atoms. The number of primary amides is 1. The van der Waals surface area contributed by atoms with E-state index in [0.717, 1.165) is 0 Å². The van der Waals surface area contributed by atoms with Gasteiger partial charge in [0.2, 0.25) is 0 Å². The topological polar surface area (TPSA) is 83.6 Å². The van der Waals surface area contributed by atoms with Crippen LogP contribution in [0.3, 0.4) is 0 Å². The van der Waals surface area contributed by atoms with Gasteiger partial charge in [0, 0.05) is 6.04 Å². The van der Waals surface area contributed by atoms with Crippen LogP contribution in [0.2, 0.25) is 0 Å². The quantitative estimate of drug-likeness (QED) is 0.746. The van der Waals surface area contributed by atoms with Gasteiger partial charge in [-0.25, -0.2) is 4.79 Å². The summed E-state index contributed by atoms with van der Waals surface area (Å²) in [7, 11) is 0. The lowest BCUT2D eigenvalue weighted by atomic mass is 10.2. The minimum Gasteiger partial charge on any atom is -0.481 e. The first-order valence-corrected chi connectivity index (χ1v) is 3.98. The van der Waals surface area contributed by atoms with Crippen LogP contribution in [0, 0.1) is 0 Å². The number of rotatable bonds is 4. The van der Waals surface area contributed by atoms with E-state index in [0.29, 0.717) is 0 Å². The van der Waals surface area contributed by atoms with Crippen LogP contribution in [0.25, 0.3) is 0 Å². The van der Waals surface area contributed by atoms with Crippen molar-refractivity contribution in [1.82, 2.24) is 4.90 Å². The SMILES string of the molecule is CC(CC(=O)O)N(CC(F)(F)F)C(N)=O. The van der Waals surface area contributed by atoms with Crippen molar-refractivity contribution < 1.29 is 27.9 Å². The van der Waals surface area contributed by atoms with Crippen molar-refractivity contribution in [3.05, 3.63) is 0 Å². The third kappa shape index (κ3) is 5.76. The number of amides is 2. The number of urea groups is 1. The number of carboxylic acids is 1. The van der Waals surface area contributed by atoms with Crippen LogP contribution in [0.5, 0.6) is 0 Å². The first kappa shape index (κ1) is 13.5. The summed E-state index contributed by atoms with van der Waals surface area (Å²) in [6.07, 6.45) is -5.18. The van der Waals surface area contributed by atoms with Gasteiger partial charge in [-0.15, -0.1) is 0 Å². The fourth-order valence-corrected chi connectivity index (χ4v) is 1.01. The van der Waals surface area contributed by atoms with Crippen molar-refractivity contribution in [2.45, 2.75) is 25.6 Å². The molecule has 5 nitrogen and oxygen atoms in total. The second-order valence-electron chi connectivity index (χ2n) is 3.03. The number of hydrogen-bond donors (Lipinski definition) is 2. The molecular formula is C7H11F3N2O3. The van der Waals surface area contributed by atoms with E-state index in [1.54, 1.807) is 0 Å². The third-order valence-electron chi connectivity index (χ3n) is 1.63. The highest BCUT2D eigenvalue weighted by molar-refractivity contribution is 5.74. The molecule has 3 N–H and O–H groups in total. The molecule has 0 aromatic heterocycles. The molecule has 0 aliphatic heterocycles. The fraction of sp³-hybridized carbons (Fsp3) is 0.714. The molecule has 0 aliphatic carbocycles. The number of nitrogens with two attached hydrogens (primary N) is 1. The van der Waals surface area contributed by atoms with Crippen LogP contribution >= 0.6 is 0 Å². The first-order valence-electron chi connectivity index (χ1n) is 3.98. The minimum absolute atomic E-state index is 0.272. The zero-order chi connectivity index (χ0) is 12.2. The van der Waals surface area contributed by atoms with Crippen LogP contribution < -0.4 is 5.73 Å². The lowest BCUT2D eigenvalue weighted by Crippen LogP contribution is -2.47. The Bertz CT molecular complexity index is 254. The van der Waals surface area contributed by atoms with Gasteiger partial charge in [-0.3, -0.25) is 4.79 Å². The van der Waals surface area contributed by atoms with Crippen LogP contribution in [-0.2, 0) is 4.79 Å². The van der Waals surface area contributed by atoms with Gasteiger partial charge in [-0.1, -0.05) is 0 Å². The molecular weight excluding hydrogens is 217 g/mol. The van der Waals surface area contributed by atoms with Crippen molar-refractivity contribution in [1.29, 1.82) is 0 Å². The summed E-state index contributed by atoms with van der Waals surface area (Å²) in [5.41, 5.74) is 4.71. The van der Waals surface area contributed by atoms with Gasteiger partial charge >= 0.3 is 18.2 Å². The monoisotopic (exact) mass is 228 g/mol. The molecule has 0 aromatic carbocycles. The number of aliphatic carboxylic acids is 1. The van der Waals surface area contributed by atoms with Crippen molar-refractivity contribution in [2.24, 2.45) is 5.73 Å². The van der Waals surface area contributed by atoms with Crippen molar-refractivity contribution in [3.8, 4) is 0 Å². The molecule has 0 heterocycles. The maximum absolute atomic E-state index is 12.0. The normalized spacial score (nSPS) is 13.3.